The third-order valence-electron chi connectivity index (χ3n) is 4.02. The Labute approximate surface area is 109 Å². The fourth-order valence-corrected chi connectivity index (χ4v) is 2.22. The van der Waals surface area contributed by atoms with Crippen LogP contribution in [0.25, 0.3) is 0 Å². The van der Waals surface area contributed by atoms with Crippen molar-refractivity contribution in [3.05, 3.63) is 11.9 Å². The lowest BCUT2D eigenvalue weighted by atomic mass is 9.92. The van der Waals surface area contributed by atoms with E-state index < -0.39 is 0 Å². The number of nitrogens with two attached hydrogens (primary N) is 1. The van der Waals surface area contributed by atoms with Gasteiger partial charge in [-0.2, -0.15) is 0 Å². The molecule has 0 spiro atoms. The van der Waals surface area contributed by atoms with E-state index >= 15 is 0 Å². The first kappa shape index (κ1) is 13.1. The van der Waals surface area contributed by atoms with Crippen LogP contribution < -0.4 is 11.1 Å². The maximum atomic E-state index is 5.82. The fraction of sp³-hybridized carbons (Fsp3) is 0.714. The molecule has 1 aromatic heterocycles. The van der Waals surface area contributed by atoms with Crippen LogP contribution in [0.1, 0.15) is 52.3 Å². The molecule has 0 radical (unpaired) electrons. The summed E-state index contributed by atoms with van der Waals surface area (Å²) in [6, 6.07) is 1.82. The van der Waals surface area contributed by atoms with E-state index in [1.165, 1.54) is 12.8 Å². The van der Waals surface area contributed by atoms with Crippen molar-refractivity contribution in [2.45, 2.75) is 46.5 Å². The van der Waals surface area contributed by atoms with E-state index in [4.69, 9.17) is 5.73 Å². The second-order valence-corrected chi connectivity index (χ2v) is 6.06. The molecule has 0 saturated heterocycles. The van der Waals surface area contributed by atoms with E-state index in [0.717, 1.165) is 18.2 Å². The standard InChI is InChI=1S/C14H24N4/c1-9(2)13-17-11(15)7-12(18-13)16-8-14(5-6-14)10(3)4/h7,9-10H,5-6,8H2,1-4H3,(H3,15,16,17,18). The zero-order valence-electron chi connectivity index (χ0n) is 11.8. The quantitative estimate of drug-likeness (QED) is 0.840. The van der Waals surface area contributed by atoms with Crippen LogP contribution in [0, 0.1) is 11.3 Å². The molecule has 0 bridgehead atoms. The normalized spacial score (nSPS) is 17.2. The Morgan fingerprint density at radius 2 is 1.94 bits per heavy atom. The van der Waals surface area contributed by atoms with Crippen molar-refractivity contribution in [3.8, 4) is 0 Å². The van der Waals surface area contributed by atoms with Crippen molar-refractivity contribution in [1.82, 2.24) is 9.97 Å². The number of nitrogen functional groups attached to an aromatic ring is 1. The first-order chi connectivity index (χ1) is 8.43. The minimum atomic E-state index is 0.300. The summed E-state index contributed by atoms with van der Waals surface area (Å²) >= 11 is 0. The van der Waals surface area contributed by atoms with Crippen LogP contribution in [-0.2, 0) is 0 Å². The molecule has 18 heavy (non-hydrogen) atoms. The number of rotatable bonds is 5. The van der Waals surface area contributed by atoms with Gasteiger partial charge in [0.2, 0.25) is 0 Å². The molecule has 0 amide bonds. The molecule has 1 aromatic rings. The summed E-state index contributed by atoms with van der Waals surface area (Å²) in [7, 11) is 0. The van der Waals surface area contributed by atoms with Crippen molar-refractivity contribution in [2.75, 3.05) is 17.6 Å². The summed E-state index contributed by atoms with van der Waals surface area (Å²) in [5.74, 6) is 3.23. The molecule has 1 aliphatic rings. The van der Waals surface area contributed by atoms with E-state index in [1.54, 1.807) is 0 Å². The molecule has 0 aromatic carbocycles. The smallest absolute Gasteiger partial charge is 0.135 e. The number of anilines is 2. The second-order valence-electron chi connectivity index (χ2n) is 6.06. The van der Waals surface area contributed by atoms with E-state index in [2.05, 4.69) is 43.0 Å². The summed E-state index contributed by atoms with van der Waals surface area (Å²) in [4.78, 5) is 8.78. The Bertz CT molecular complexity index is 422. The van der Waals surface area contributed by atoms with Gasteiger partial charge in [0, 0.05) is 18.5 Å². The molecule has 100 valence electrons. The minimum Gasteiger partial charge on any atom is -0.384 e. The van der Waals surface area contributed by atoms with E-state index in [-0.39, 0.29) is 0 Å². The van der Waals surface area contributed by atoms with Gasteiger partial charge >= 0.3 is 0 Å². The molecule has 1 aliphatic carbocycles. The molecule has 4 heteroatoms. The molecular weight excluding hydrogens is 224 g/mol. The SMILES string of the molecule is CC(C)c1nc(N)cc(NCC2(C(C)C)CC2)n1. The molecular formula is C14H24N4. The molecule has 4 nitrogen and oxygen atoms in total. The van der Waals surface area contributed by atoms with Crippen LogP contribution >= 0.6 is 0 Å². The highest BCUT2D eigenvalue weighted by atomic mass is 15.1. The van der Waals surface area contributed by atoms with E-state index in [0.29, 0.717) is 23.1 Å². The van der Waals surface area contributed by atoms with Gasteiger partial charge in [0.15, 0.2) is 0 Å². The third-order valence-corrected chi connectivity index (χ3v) is 4.02. The van der Waals surface area contributed by atoms with Crippen LogP contribution in [0.5, 0.6) is 0 Å². The number of aromatic nitrogens is 2. The Morgan fingerprint density at radius 1 is 1.28 bits per heavy atom. The largest absolute Gasteiger partial charge is 0.384 e. The van der Waals surface area contributed by atoms with Crippen LogP contribution in [-0.4, -0.2) is 16.5 Å². The Hall–Kier alpha value is -1.32. The minimum absolute atomic E-state index is 0.300. The van der Waals surface area contributed by atoms with Crippen LogP contribution in [0.2, 0.25) is 0 Å². The predicted octanol–water partition coefficient (Wildman–Crippen LogP) is 3.03. The zero-order chi connectivity index (χ0) is 13.3. The van der Waals surface area contributed by atoms with Crippen LogP contribution in [0.15, 0.2) is 6.07 Å². The van der Waals surface area contributed by atoms with Gasteiger partial charge in [-0.15, -0.1) is 0 Å². The van der Waals surface area contributed by atoms with Crippen molar-refractivity contribution in [2.24, 2.45) is 11.3 Å². The summed E-state index contributed by atoms with van der Waals surface area (Å²) in [5, 5.41) is 3.43. The van der Waals surface area contributed by atoms with Gasteiger partial charge < -0.3 is 11.1 Å². The van der Waals surface area contributed by atoms with Crippen LogP contribution in [0.4, 0.5) is 11.6 Å². The maximum absolute atomic E-state index is 5.82. The zero-order valence-corrected chi connectivity index (χ0v) is 11.8. The predicted molar refractivity (Wildman–Crippen MR) is 75.5 cm³/mol. The van der Waals surface area contributed by atoms with Gasteiger partial charge in [0.05, 0.1) is 0 Å². The highest BCUT2D eigenvalue weighted by Crippen LogP contribution is 2.51. The highest BCUT2D eigenvalue weighted by molar-refractivity contribution is 5.45. The third kappa shape index (κ3) is 2.74. The lowest BCUT2D eigenvalue weighted by Crippen LogP contribution is -2.21. The summed E-state index contributed by atoms with van der Waals surface area (Å²) in [6.07, 6.45) is 2.63. The molecule has 2 rings (SSSR count). The summed E-state index contributed by atoms with van der Waals surface area (Å²) in [6.45, 7) is 9.73. The number of hydrogen-bond acceptors (Lipinski definition) is 4. The Balaban J connectivity index is 2.05. The van der Waals surface area contributed by atoms with Crippen molar-refractivity contribution >= 4 is 11.6 Å². The number of nitrogens with one attached hydrogen (secondary N) is 1. The summed E-state index contributed by atoms with van der Waals surface area (Å²) < 4.78 is 0. The highest BCUT2D eigenvalue weighted by Gasteiger charge is 2.44. The number of nitrogens with zero attached hydrogens (tertiary/aromatic N) is 2. The first-order valence-corrected chi connectivity index (χ1v) is 6.81. The van der Waals surface area contributed by atoms with Gasteiger partial charge in [-0.3, -0.25) is 0 Å². The topological polar surface area (TPSA) is 63.8 Å². The molecule has 0 unspecified atom stereocenters. The van der Waals surface area contributed by atoms with Gasteiger partial charge in [0.25, 0.3) is 0 Å². The van der Waals surface area contributed by atoms with Crippen molar-refractivity contribution < 1.29 is 0 Å². The lowest BCUT2D eigenvalue weighted by molar-refractivity contribution is 0.380. The van der Waals surface area contributed by atoms with Gasteiger partial charge in [-0.05, 0) is 24.2 Å². The monoisotopic (exact) mass is 248 g/mol. The van der Waals surface area contributed by atoms with Crippen LogP contribution in [0.3, 0.4) is 0 Å². The van der Waals surface area contributed by atoms with Gasteiger partial charge in [-0.1, -0.05) is 27.7 Å². The fourth-order valence-electron chi connectivity index (χ4n) is 2.22. The Kier molecular flexibility index (Phi) is 3.46. The Morgan fingerprint density at radius 3 is 2.44 bits per heavy atom. The van der Waals surface area contributed by atoms with Crippen molar-refractivity contribution in [3.63, 3.8) is 0 Å². The van der Waals surface area contributed by atoms with Crippen molar-refractivity contribution in [1.29, 1.82) is 0 Å². The molecule has 3 N–H and O–H groups in total. The van der Waals surface area contributed by atoms with Gasteiger partial charge in [0.1, 0.15) is 17.5 Å². The van der Waals surface area contributed by atoms with E-state index in [1.807, 2.05) is 6.07 Å². The second kappa shape index (κ2) is 4.75. The molecule has 1 heterocycles. The average molecular weight is 248 g/mol. The summed E-state index contributed by atoms with van der Waals surface area (Å²) in [5.41, 5.74) is 6.29. The maximum Gasteiger partial charge on any atom is 0.135 e. The molecule has 1 saturated carbocycles. The molecule has 0 aliphatic heterocycles. The molecule has 0 atom stereocenters. The van der Waals surface area contributed by atoms with E-state index in [9.17, 15) is 0 Å². The van der Waals surface area contributed by atoms with Gasteiger partial charge in [-0.25, -0.2) is 9.97 Å². The first-order valence-electron chi connectivity index (χ1n) is 6.81. The molecule has 1 fully saturated rings. The number of hydrogen-bond donors (Lipinski definition) is 2. The lowest BCUT2D eigenvalue weighted by Gasteiger charge is -2.20. The average Bonchev–Trinajstić information content (AvgIpc) is 3.06.